The summed E-state index contributed by atoms with van der Waals surface area (Å²) >= 11 is 6.15. The quantitative estimate of drug-likeness (QED) is 0.409. The molecule has 0 saturated heterocycles. The van der Waals surface area contributed by atoms with Crippen LogP contribution >= 0.6 is 11.6 Å². The number of carbonyl (C=O) groups excluding carboxylic acids is 2. The number of hydrogen-bond acceptors (Lipinski definition) is 3. The van der Waals surface area contributed by atoms with Crippen LogP contribution in [0.15, 0.2) is 47.5 Å². The van der Waals surface area contributed by atoms with Gasteiger partial charge in [0.25, 0.3) is 5.91 Å². The summed E-state index contributed by atoms with van der Waals surface area (Å²) in [7, 11) is 0. The molecule has 1 heterocycles. The van der Waals surface area contributed by atoms with Gasteiger partial charge in [-0.05, 0) is 48.0 Å². The third kappa shape index (κ3) is 3.82. The van der Waals surface area contributed by atoms with Crippen LogP contribution < -0.4 is 11.5 Å². The van der Waals surface area contributed by atoms with E-state index in [2.05, 4.69) is 4.99 Å². The lowest BCUT2D eigenvalue weighted by molar-refractivity contribution is -0.137. The van der Waals surface area contributed by atoms with Crippen molar-refractivity contribution in [3.05, 3.63) is 86.9 Å². The van der Waals surface area contributed by atoms with E-state index in [1.165, 1.54) is 12.1 Å². The smallest absolute Gasteiger partial charge is 0.399 e. The van der Waals surface area contributed by atoms with Crippen molar-refractivity contribution in [1.82, 2.24) is 0 Å². The molecule has 0 bridgehead atoms. The molecule has 0 aliphatic carbocycles. The molecule has 0 saturated carbocycles. The maximum absolute atomic E-state index is 15.1. The van der Waals surface area contributed by atoms with Crippen LogP contribution in [0.3, 0.4) is 0 Å². The zero-order valence-corrected chi connectivity index (χ0v) is 17.0. The number of halogens is 6. The second-order valence-corrected chi connectivity index (χ2v) is 7.53. The van der Waals surface area contributed by atoms with Gasteiger partial charge in [0.1, 0.15) is 11.6 Å². The molecule has 3 aromatic rings. The minimum absolute atomic E-state index is 0.00147. The summed E-state index contributed by atoms with van der Waals surface area (Å²) < 4.78 is 68.6. The molecule has 0 unspecified atom stereocenters. The van der Waals surface area contributed by atoms with Crippen molar-refractivity contribution in [2.24, 2.45) is 10.7 Å². The molecule has 0 radical (unpaired) electrons. The van der Waals surface area contributed by atoms with Crippen LogP contribution in [0.1, 0.15) is 37.4 Å². The van der Waals surface area contributed by atoms with Crippen LogP contribution in [-0.2, 0) is 6.18 Å². The summed E-state index contributed by atoms with van der Waals surface area (Å²) in [5, 5.41) is 0.00147. The third-order valence-corrected chi connectivity index (χ3v) is 5.31. The van der Waals surface area contributed by atoms with Crippen molar-refractivity contribution >= 4 is 34.8 Å². The monoisotopic (exact) mass is 479 g/mol. The van der Waals surface area contributed by atoms with Crippen molar-refractivity contribution < 1.29 is 31.5 Å². The van der Waals surface area contributed by atoms with Crippen LogP contribution in [-0.4, -0.2) is 17.5 Å². The Morgan fingerprint density at radius 1 is 0.939 bits per heavy atom. The van der Waals surface area contributed by atoms with Crippen LogP contribution in [0.4, 0.5) is 27.6 Å². The predicted octanol–water partition coefficient (Wildman–Crippen LogP) is 4.98. The lowest BCUT2D eigenvalue weighted by Crippen LogP contribution is -2.17. The van der Waals surface area contributed by atoms with Gasteiger partial charge in [-0.2, -0.15) is 13.2 Å². The van der Waals surface area contributed by atoms with Gasteiger partial charge in [-0.3, -0.25) is 9.59 Å². The lowest BCUT2D eigenvalue weighted by Gasteiger charge is -2.17. The summed E-state index contributed by atoms with van der Waals surface area (Å²) in [6.07, 6.45) is -4.96. The van der Waals surface area contributed by atoms with Gasteiger partial charge in [0.05, 0.1) is 27.4 Å². The number of fused-ring (bicyclic) bond motifs is 1. The molecule has 3 aromatic carbocycles. The molecule has 0 fully saturated rings. The fourth-order valence-electron chi connectivity index (χ4n) is 3.62. The summed E-state index contributed by atoms with van der Waals surface area (Å²) in [5.74, 6) is -4.32. The van der Waals surface area contributed by atoms with E-state index in [0.29, 0.717) is 6.07 Å². The van der Waals surface area contributed by atoms with E-state index in [9.17, 15) is 27.2 Å². The van der Waals surface area contributed by atoms with E-state index in [1.807, 2.05) is 0 Å². The lowest BCUT2D eigenvalue weighted by atomic mass is 9.87. The van der Waals surface area contributed by atoms with E-state index < -0.39 is 46.3 Å². The molecule has 33 heavy (non-hydrogen) atoms. The summed E-state index contributed by atoms with van der Waals surface area (Å²) in [6.45, 7) is 0. The first kappa shape index (κ1) is 22.4. The van der Waals surface area contributed by atoms with Gasteiger partial charge < -0.3 is 11.5 Å². The van der Waals surface area contributed by atoms with Crippen molar-refractivity contribution in [2.45, 2.75) is 6.18 Å². The first-order valence-electron chi connectivity index (χ1n) is 9.11. The Kier molecular flexibility index (Phi) is 5.20. The number of nitrogens with two attached hydrogens (primary N) is 2. The molecule has 0 aromatic heterocycles. The first-order chi connectivity index (χ1) is 15.4. The number of primary amides is 1. The fourth-order valence-corrected chi connectivity index (χ4v) is 3.82. The summed E-state index contributed by atoms with van der Waals surface area (Å²) in [5.41, 5.74) is 7.57. The van der Waals surface area contributed by atoms with Gasteiger partial charge in [-0.15, -0.1) is 0 Å². The topological polar surface area (TPSA) is 98.5 Å². The molecule has 168 valence electrons. The average molecular weight is 480 g/mol. The number of amides is 2. The van der Waals surface area contributed by atoms with E-state index >= 15 is 4.39 Å². The Labute approximate surface area is 187 Å². The molecule has 1 aliphatic heterocycles. The SMILES string of the molecule is NC(=O)c1cc(C(F)(F)F)cc(F)c1-c1cc(N)cc2c1C(c1cc(F)ccc1Cl)=NC2=O. The zero-order valence-electron chi connectivity index (χ0n) is 16.2. The van der Waals surface area contributed by atoms with Crippen LogP contribution in [0.25, 0.3) is 11.1 Å². The molecular formula is C22H11ClF5N3O2. The van der Waals surface area contributed by atoms with Crippen molar-refractivity contribution in [3.63, 3.8) is 0 Å². The number of rotatable bonds is 3. The minimum atomic E-state index is -4.96. The first-order valence-corrected chi connectivity index (χ1v) is 9.49. The Bertz CT molecular complexity index is 1400. The number of nitrogen functional groups attached to an aromatic ring is 1. The van der Waals surface area contributed by atoms with Gasteiger partial charge in [0.15, 0.2) is 0 Å². The zero-order chi connectivity index (χ0) is 24.2. The van der Waals surface area contributed by atoms with E-state index in [-0.39, 0.29) is 44.7 Å². The summed E-state index contributed by atoms with van der Waals surface area (Å²) in [6, 6.07) is 6.23. The van der Waals surface area contributed by atoms with Gasteiger partial charge >= 0.3 is 6.18 Å². The normalized spacial score (nSPS) is 13.2. The molecule has 2 amide bonds. The molecule has 1 aliphatic rings. The van der Waals surface area contributed by atoms with Gasteiger partial charge in [0.2, 0.25) is 5.91 Å². The van der Waals surface area contributed by atoms with Crippen molar-refractivity contribution in [3.8, 4) is 11.1 Å². The average Bonchev–Trinajstić information content (AvgIpc) is 3.04. The predicted molar refractivity (Wildman–Crippen MR) is 111 cm³/mol. The second-order valence-electron chi connectivity index (χ2n) is 7.12. The van der Waals surface area contributed by atoms with E-state index in [4.69, 9.17) is 23.1 Å². The molecule has 4 rings (SSSR count). The van der Waals surface area contributed by atoms with E-state index in [0.717, 1.165) is 18.2 Å². The molecule has 0 atom stereocenters. The van der Waals surface area contributed by atoms with Crippen LogP contribution in [0.2, 0.25) is 5.02 Å². The number of benzene rings is 3. The Morgan fingerprint density at radius 2 is 1.61 bits per heavy atom. The van der Waals surface area contributed by atoms with Gasteiger partial charge in [-0.25, -0.2) is 13.8 Å². The third-order valence-electron chi connectivity index (χ3n) is 4.98. The molecule has 11 heteroatoms. The highest BCUT2D eigenvalue weighted by Gasteiger charge is 2.36. The van der Waals surface area contributed by atoms with Gasteiger partial charge in [0, 0.05) is 22.4 Å². The fraction of sp³-hybridized carbons (Fsp3) is 0.0455. The number of alkyl halides is 3. The minimum Gasteiger partial charge on any atom is -0.399 e. The molecule has 0 spiro atoms. The van der Waals surface area contributed by atoms with Crippen molar-refractivity contribution in [2.75, 3.05) is 5.73 Å². The summed E-state index contributed by atoms with van der Waals surface area (Å²) in [4.78, 5) is 28.4. The molecule has 5 nitrogen and oxygen atoms in total. The van der Waals surface area contributed by atoms with Crippen LogP contribution in [0.5, 0.6) is 0 Å². The maximum Gasteiger partial charge on any atom is 0.416 e. The second kappa shape index (κ2) is 7.66. The molecular weight excluding hydrogens is 469 g/mol. The highest BCUT2D eigenvalue weighted by atomic mass is 35.5. The number of aliphatic imine (C=N–C) groups is 1. The Balaban J connectivity index is 2.08. The Morgan fingerprint density at radius 3 is 2.24 bits per heavy atom. The number of hydrogen-bond donors (Lipinski definition) is 2. The molecule has 4 N–H and O–H groups in total. The largest absolute Gasteiger partial charge is 0.416 e. The maximum atomic E-state index is 15.1. The number of anilines is 1. The standard InChI is InChI=1S/C22H11ClF5N3O2/c23-15-2-1-9(24)5-11(15)19-18-12(6-10(29)7-14(18)21(33)31-19)17-13(20(30)32)3-8(4-16(17)25)22(26,27)28/h1-7H,29H2,(H2,30,32). The Hall–Kier alpha value is -3.79. The highest BCUT2D eigenvalue weighted by molar-refractivity contribution is 6.39. The van der Waals surface area contributed by atoms with Crippen LogP contribution in [0, 0.1) is 11.6 Å². The highest BCUT2D eigenvalue weighted by Crippen LogP contribution is 2.41. The number of carbonyl (C=O) groups is 2. The number of nitrogens with zero attached hydrogens (tertiary/aromatic N) is 1. The van der Waals surface area contributed by atoms with Gasteiger partial charge in [-0.1, -0.05) is 11.6 Å². The van der Waals surface area contributed by atoms with Crippen molar-refractivity contribution in [1.29, 1.82) is 0 Å². The van der Waals surface area contributed by atoms with E-state index in [1.54, 1.807) is 0 Å².